The van der Waals surface area contributed by atoms with Crippen LogP contribution in [0.4, 0.5) is 0 Å². The Hall–Kier alpha value is -0.910. The third-order valence-electron chi connectivity index (χ3n) is 3.80. The van der Waals surface area contributed by atoms with Gasteiger partial charge < -0.3 is 16.2 Å². The normalized spacial score (nSPS) is 25.6. The van der Waals surface area contributed by atoms with Crippen LogP contribution in [0.5, 0.6) is 0 Å². The number of aliphatic hydroxyl groups is 1. The standard InChI is InChI=1S/C14H22N2O2S/c15-12-5-3-1-2-4-11(12)14(18)16-8-13(17)10-6-7-19-9-10/h6-7,9,11-13,17H,1-5,8,15H2,(H,16,18). The molecule has 1 fully saturated rings. The fourth-order valence-corrected chi connectivity index (χ4v) is 3.28. The summed E-state index contributed by atoms with van der Waals surface area (Å²) >= 11 is 1.54. The largest absolute Gasteiger partial charge is 0.387 e. The van der Waals surface area contributed by atoms with Crippen LogP contribution in [0.25, 0.3) is 0 Å². The first-order chi connectivity index (χ1) is 9.18. The van der Waals surface area contributed by atoms with E-state index in [1.54, 1.807) is 11.3 Å². The zero-order valence-electron chi connectivity index (χ0n) is 11.0. The molecule has 106 valence electrons. The summed E-state index contributed by atoms with van der Waals surface area (Å²) in [5, 5.41) is 16.6. The van der Waals surface area contributed by atoms with Gasteiger partial charge in [0.05, 0.1) is 12.0 Å². The molecule has 0 spiro atoms. The average molecular weight is 282 g/mol. The summed E-state index contributed by atoms with van der Waals surface area (Å²) in [6.07, 6.45) is 4.50. The molecule has 0 saturated heterocycles. The first-order valence-electron chi connectivity index (χ1n) is 6.92. The number of thiophene rings is 1. The van der Waals surface area contributed by atoms with Crippen LogP contribution >= 0.6 is 11.3 Å². The van der Waals surface area contributed by atoms with E-state index >= 15 is 0 Å². The molecule has 19 heavy (non-hydrogen) atoms. The number of carbonyl (C=O) groups is 1. The monoisotopic (exact) mass is 282 g/mol. The molecule has 4 N–H and O–H groups in total. The zero-order valence-corrected chi connectivity index (χ0v) is 11.9. The maximum atomic E-state index is 12.1. The lowest BCUT2D eigenvalue weighted by molar-refractivity contribution is -0.126. The number of rotatable bonds is 4. The van der Waals surface area contributed by atoms with Crippen molar-refractivity contribution in [3.63, 3.8) is 0 Å². The molecule has 3 atom stereocenters. The summed E-state index contributed by atoms with van der Waals surface area (Å²) in [6, 6.07) is 1.83. The Bertz CT molecular complexity index is 394. The molecule has 1 amide bonds. The van der Waals surface area contributed by atoms with E-state index in [9.17, 15) is 9.90 Å². The molecule has 1 aliphatic rings. The lowest BCUT2D eigenvalue weighted by atomic mass is 9.94. The van der Waals surface area contributed by atoms with Crippen molar-refractivity contribution in [1.29, 1.82) is 0 Å². The minimum absolute atomic E-state index is 0.0105. The third-order valence-corrected chi connectivity index (χ3v) is 4.51. The molecule has 1 heterocycles. The molecule has 1 aromatic heterocycles. The minimum atomic E-state index is -0.628. The molecule has 2 rings (SSSR count). The van der Waals surface area contributed by atoms with Crippen molar-refractivity contribution in [2.75, 3.05) is 6.54 Å². The van der Waals surface area contributed by atoms with Crippen LogP contribution in [0.2, 0.25) is 0 Å². The summed E-state index contributed by atoms with van der Waals surface area (Å²) in [5.41, 5.74) is 6.92. The van der Waals surface area contributed by atoms with Crippen LogP contribution in [-0.4, -0.2) is 23.6 Å². The van der Waals surface area contributed by atoms with Crippen molar-refractivity contribution in [2.24, 2.45) is 11.7 Å². The second-order valence-electron chi connectivity index (χ2n) is 5.23. The number of nitrogens with one attached hydrogen (secondary N) is 1. The third kappa shape index (κ3) is 4.03. The van der Waals surface area contributed by atoms with Crippen LogP contribution in [0, 0.1) is 5.92 Å². The minimum Gasteiger partial charge on any atom is -0.387 e. The van der Waals surface area contributed by atoms with Gasteiger partial charge in [-0.25, -0.2) is 0 Å². The summed E-state index contributed by atoms with van der Waals surface area (Å²) in [5.74, 6) is -0.110. The molecule has 0 bridgehead atoms. The van der Waals surface area contributed by atoms with Gasteiger partial charge in [-0.05, 0) is 35.2 Å². The fraction of sp³-hybridized carbons (Fsp3) is 0.643. The maximum Gasteiger partial charge on any atom is 0.224 e. The Morgan fingerprint density at radius 3 is 3.00 bits per heavy atom. The predicted octanol–water partition coefficient (Wildman–Crippen LogP) is 1.81. The first-order valence-corrected chi connectivity index (χ1v) is 7.86. The molecule has 3 unspecified atom stereocenters. The quantitative estimate of drug-likeness (QED) is 0.737. The SMILES string of the molecule is NC1CCCCCC1C(=O)NCC(O)c1ccsc1. The van der Waals surface area contributed by atoms with Crippen LogP contribution in [-0.2, 0) is 4.79 Å². The second kappa shape index (κ2) is 7.03. The lowest BCUT2D eigenvalue weighted by Gasteiger charge is -2.21. The number of carbonyl (C=O) groups excluding carboxylic acids is 1. The smallest absolute Gasteiger partial charge is 0.224 e. The number of amides is 1. The van der Waals surface area contributed by atoms with E-state index in [2.05, 4.69) is 5.32 Å². The first kappa shape index (κ1) is 14.5. The fourth-order valence-electron chi connectivity index (χ4n) is 2.57. The van der Waals surface area contributed by atoms with Gasteiger partial charge in [0.15, 0.2) is 0 Å². The molecule has 0 aromatic carbocycles. The molecule has 1 aliphatic carbocycles. The van der Waals surface area contributed by atoms with Crippen molar-refractivity contribution < 1.29 is 9.90 Å². The van der Waals surface area contributed by atoms with Gasteiger partial charge in [-0.1, -0.05) is 19.3 Å². The van der Waals surface area contributed by atoms with Gasteiger partial charge in [0, 0.05) is 12.6 Å². The Kier molecular flexibility index (Phi) is 5.36. The van der Waals surface area contributed by atoms with Crippen molar-refractivity contribution in [3.8, 4) is 0 Å². The van der Waals surface area contributed by atoms with Gasteiger partial charge in [-0.3, -0.25) is 4.79 Å². The molecule has 0 aliphatic heterocycles. The second-order valence-corrected chi connectivity index (χ2v) is 6.01. The number of hydrogen-bond donors (Lipinski definition) is 3. The highest BCUT2D eigenvalue weighted by molar-refractivity contribution is 7.07. The zero-order chi connectivity index (χ0) is 13.7. The van der Waals surface area contributed by atoms with E-state index in [0.29, 0.717) is 0 Å². The molecule has 5 heteroatoms. The molecule has 4 nitrogen and oxygen atoms in total. The average Bonchev–Trinajstić information content (AvgIpc) is 2.85. The Morgan fingerprint density at radius 2 is 2.26 bits per heavy atom. The highest BCUT2D eigenvalue weighted by atomic mass is 32.1. The van der Waals surface area contributed by atoms with Crippen molar-refractivity contribution in [3.05, 3.63) is 22.4 Å². The van der Waals surface area contributed by atoms with E-state index in [0.717, 1.165) is 37.7 Å². The molecular formula is C14H22N2O2S. The lowest BCUT2D eigenvalue weighted by Crippen LogP contribution is -2.42. The van der Waals surface area contributed by atoms with E-state index in [-0.39, 0.29) is 24.4 Å². The van der Waals surface area contributed by atoms with E-state index in [1.807, 2.05) is 16.8 Å². The Morgan fingerprint density at radius 1 is 1.47 bits per heavy atom. The molecule has 1 saturated carbocycles. The highest BCUT2D eigenvalue weighted by Crippen LogP contribution is 2.22. The van der Waals surface area contributed by atoms with Crippen LogP contribution in [0.1, 0.15) is 43.8 Å². The highest BCUT2D eigenvalue weighted by Gasteiger charge is 2.27. The number of aliphatic hydroxyl groups excluding tert-OH is 1. The topological polar surface area (TPSA) is 75.4 Å². The van der Waals surface area contributed by atoms with E-state index in [4.69, 9.17) is 5.73 Å². The van der Waals surface area contributed by atoms with Crippen molar-refractivity contribution in [1.82, 2.24) is 5.32 Å². The summed E-state index contributed by atoms with van der Waals surface area (Å²) in [6.45, 7) is 0.263. The van der Waals surface area contributed by atoms with Gasteiger partial charge in [0.2, 0.25) is 5.91 Å². The number of nitrogens with two attached hydrogens (primary N) is 1. The van der Waals surface area contributed by atoms with Gasteiger partial charge in [0.25, 0.3) is 0 Å². The van der Waals surface area contributed by atoms with Gasteiger partial charge in [0.1, 0.15) is 0 Å². The van der Waals surface area contributed by atoms with Crippen molar-refractivity contribution in [2.45, 2.75) is 44.2 Å². The molecule has 1 aromatic rings. The maximum absolute atomic E-state index is 12.1. The Labute approximate surface area is 118 Å². The summed E-state index contributed by atoms with van der Waals surface area (Å²) < 4.78 is 0. The Balaban J connectivity index is 1.83. The van der Waals surface area contributed by atoms with Crippen LogP contribution in [0.3, 0.4) is 0 Å². The van der Waals surface area contributed by atoms with Gasteiger partial charge in [-0.2, -0.15) is 11.3 Å². The van der Waals surface area contributed by atoms with Crippen molar-refractivity contribution >= 4 is 17.2 Å². The van der Waals surface area contributed by atoms with Gasteiger partial charge in [-0.15, -0.1) is 0 Å². The molecule has 0 radical (unpaired) electrons. The predicted molar refractivity (Wildman–Crippen MR) is 76.8 cm³/mol. The summed E-state index contributed by atoms with van der Waals surface area (Å²) in [4.78, 5) is 12.1. The summed E-state index contributed by atoms with van der Waals surface area (Å²) in [7, 11) is 0. The molecular weight excluding hydrogens is 260 g/mol. The van der Waals surface area contributed by atoms with E-state index < -0.39 is 6.10 Å². The van der Waals surface area contributed by atoms with Crippen LogP contribution in [0.15, 0.2) is 16.8 Å². The van der Waals surface area contributed by atoms with Crippen LogP contribution < -0.4 is 11.1 Å². The van der Waals surface area contributed by atoms with Gasteiger partial charge >= 0.3 is 0 Å². The number of hydrogen-bond acceptors (Lipinski definition) is 4. The van der Waals surface area contributed by atoms with E-state index in [1.165, 1.54) is 0 Å².